The molecule has 1 aliphatic heterocycles. The average molecular weight is 328 g/mol. The monoisotopic (exact) mass is 328 g/mol. The van der Waals surface area contributed by atoms with Crippen molar-refractivity contribution in [2.24, 2.45) is 0 Å². The van der Waals surface area contributed by atoms with E-state index in [0.29, 0.717) is 18.8 Å². The summed E-state index contributed by atoms with van der Waals surface area (Å²) in [5.41, 5.74) is 2.99. The van der Waals surface area contributed by atoms with E-state index in [1.165, 1.54) is 18.1 Å². The summed E-state index contributed by atoms with van der Waals surface area (Å²) < 4.78 is 2.09. The van der Waals surface area contributed by atoms with Gasteiger partial charge in [0, 0.05) is 18.3 Å². The number of fused-ring (bicyclic) bond motifs is 2. The van der Waals surface area contributed by atoms with Crippen LogP contribution in [0.5, 0.6) is 0 Å². The van der Waals surface area contributed by atoms with Gasteiger partial charge in [0.2, 0.25) is 5.91 Å². The van der Waals surface area contributed by atoms with Crippen molar-refractivity contribution in [1.82, 2.24) is 19.9 Å². The largest absolute Gasteiger partial charge is 0.332 e. The van der Waals surface area contributed by atoms with Crippen LogP contribution in [0.2, 0.25) is 0 Å². The van der Waals surface area contributed by atoms with Gasteiger partial charge in [0.05, 0.1) is 28.2 Å². The molecule has 1 amide bonds. The van der Waals surface area contributed by atoms with Crippen LogP contribution < -0.4 is 0 Å². The minimum Gasteiger partial charge on any atom is -0.332 e. The molecule has 4 rings (SSSR count). The second kappa shape index (κ2) is 5.66. The number of para-hydroxylation sites is 1. The van der Waals surface area contributed by atoms with E-state index in [1.807, 2.05) is 23.1 Å². The van der Waals surface area contributed by atoms with E-state index in [9.17, 15) is 4.79 Å². The first-order valence-corrected chi connectivity index (χ1v) is 8.64. The Hall–Kier alpha value is -1.99. The summed E-state index contributed by atoms with van der Waals surface area (Å²) in [6.45, 7) is 1.19. The van der Waals surface area contributed by atoms with E-state index in [4.69, 9.17) is 0 Å². The first kappa shape index (κ1) is 13.7. The lowest BCUT2D eigenvalue weighted by Crippen LogP contribution is -2.27. The van der Waals surface area contributed by atoms with Crippen molar-refractivity contribution < 1.29 is 4.79 Å². The zero-order valence-corrected chi connectivity index (χ0v) is 13.2. The Morgan fingerprint density at radius 2 is 2.23 bits per heavy atom. The lowest BCUT2D eigenvalue weighted by atomic mass is 10.3. The molecule has 1 aliphatic rings. The second-order valence-corrected chi connectivity index (χ2v) is 7.23. The first-order valence-electron chi connectivity index (χ1n) is 6.83. The molecule has 110 valence electrons. The van der Waals surface area contributed by atoms with Crippen LogP contribution in [0.3, 0.4) is 0 Å². The van der Waals surface area contributed by atoms with E-state index in [1.54, 1.807) is 17.5 Å². The van der Waals surface area contributed by atoms with E-state index in [2.05, 4.69) is 21.0 Å². The van der Waals surface area contributed by atoms with Gasteiger partial charge in [-0.1, -0.05) is 23.9 Å². The zero-order valence-electron chi connectivity index (χ0n) is 11.6. The van der Waals surface area contributed by atoms with Gasteiger partial charge < -0.3 is 4.90 Å². The lowest BCUT2D eigenvalue weighted by Gasteiger charge is -2.13. The number of thioether (sulfide) groups is 1. The maximum atomic E-state index is 12.3. The molecule has 5 nitrogen and oxygen atoms in total. The summed E-state index contributed by atoms with van der Waals surface area (Å²) in [5, 5.41) is 0. The number of thiazole rings is 1. The molecule has 0 saturated carbocycles. The topological polar surface area (TPSA) is 59.0 Å². The predicted octanol–water partition coefficient (Wildman–Crippen LogP) is 2.72. The first-order chi connectivity index (χ1) is 10.8. The Labute approximate surface area is 135 Å². The molecule has 3 heterocycles. The molecular weight excluding hydrogens is 316 g/mol. The molecular formula is C15H12N4OS2. The van der Waals surface area contributed by atoms with Crippen molar-refractivity contribution >= 4 is 39.2 Å². The molecule has 0 fully saturated rings. The van der Waals surface area contributed by atoms with Gasteiger partial charge in [0.1, 0.15) is 6.33 Å². The highest BCUT2D eigenvalue weighted by molar-refractivity contribution is 8.01. The molecule has 0 radical (unpaired) electrons. The fraction of sp³-hybridized carbons (Fsp3) is 0.200. The van der Waals surface area contributed by atoms with Gasteiger partial charge in [-0.3, -0.25) is 4.79 Å². The number of carbonyl (C=O) groups is 1. The number of carbonyl (C=O) groups excluding carboxylic acids is 1. The molecule has 0 N–H and O–H groups in total. The van der Waals surface area contributed by atoms with Gasteiger partial charge >= 0.3 is 0 Å². The molecule has 1 aromatic carbocycles. The standard InChI is InChI=1S/C15H12N4OS2/c20-14(19-6-10-5-16-9-17-12(10)7-19)8-21-15-18-11-3-1-2-4-13(11)22-15/h1-5,9H,6-8H2. The van der Waals surface area contributed by atoms with Crippen molar-refractivity contribution in [2.75, 3.05) is 5.75 Å². The fourth-order valence-electron chi connectivity index (χ4n) is 2.40. The Morgan fingerprint density at radius 1 is 1.32 bits per heavy atom. The van der Waals surface area contributed by atoms with Crippen LogP contribution in [0.4, 0.5) is 0 Å². The van der Waals surface area contributed by atoms with Crippen molar-refractivity contribution in [2.45, 2.75) is 17.4 Å². The Balaban J connectivity index is 1.41. The van der Waals surface area contributed by atoms with Gasteiger partial charge in [-0.2, -0.15) is 0 Å². The number of hydrogen-bond donors (Lipinski definition) is 0. The summed E-state index contributed by atoms with van der Waals surface area (Å²) in [5.74, 6) is 0.517. The number of hydrogen-bond acceptors (Lipinski definition) is 6. The fourth-order valence-corrected chi connectivity index (χ4v) is 4.38. The molecule has 7 heteroatoms. The zero-order chi connectivity index (χ0) is 14.9. The van der Waals surface area contributed by atoms with Crippen LogP contribution >= 0.6 is 23.1 Å². The van der Waals surface area contributed by atoms with Crippen LogP contribution in [-0.4, -0.2) is 31.5 Å². The third kappa shape index (κ3) is 2.57. The molecule has 0 bridgehead atoms. The summed E-state index contributed by atoms with van der Waals surface area (Å²) >= 11 is 3.13. The quantitative estimate of drug-likeness (QED) is 0.692. The van der Waals surface area contributed by atoms with E-state index in [0.717, 1.165) is 25.8 Å². The predicted molar refractivity (Wildman–Crippen MR) is 86.6 cm³/mol. The van der Waals surface area contributed by atoms with Gasteiger partial charge in [0.15, 0.2) is 4.34 Å². The Kier molecular flexibility index (Phi) is 3.51. The molecule has 3 aromatic rings. The smallest absolute Gasteiger partial charge is 0.233 e. The summed E-state index contributed by atoms with van der Waals surface area (Å²) in [4.78, 5) is 26.9. The van der Waals surface area contributed by atoms with Gasteiger partial charge in [-0.25, -0.2) is 15.0 Å². The highest BCUT2D eigenvalue weighted by atomic mass is 32.2. The summed E-state index contributed by atoms with van der Waals surface area (Å²) in [6.07, 6.45) is 3.32. The van der Waals surface area contributed by atoms with Gasteiger partial charge in [-0.05, 0) is 12.1 Å². The lowest BCUT2D eigenvalue weighted by molar-refractivity contribution is -0.128. The second-order valence-electron chi connectivity index (χ2n) is 4.98. The molecule has 0 atom stereocenters. The van der Waals surface area contributed by atoms with Crippen molar-refractivity contribution in [3.63, 3.8) is 0 Å². The van der Waals surface area contributed by atoms with E-state index in [-0.39, 0.29) is 5.91 Å². The normalized spacial score (nSPS) is 13.5. The maximum absolute atomic E-state index is 12.3. The Morgan fingerprint density at radius 3 is 3.09 bits per heavy atom. The van der Waals surface area contributed by atoms with E-state index >= 15 is 0 Å². The number of benzene rings is 1. The van der Waals surface area contributed by atoms with E-state index < -0.39 is 0 Å². The minimum absolute atomic E-state index is 0.113. The van der Waals surface area contributed by atoms with Crippen LogP contribution in [0.15, 0.2) is 41.1 Å². The summed E-state index contributed by atoms with van der Waals surface area (Å²) in [7, 11) is 0. The van der Waals surface area contributed by atoms with Crippen LogP contribution in [0.25, 0.3) is 10.2 Å². The van der Waals surface area contributed by atoms with Gasteiger partial charge in [-0.15, -0.1) is 11.3 Å². The van der Waals surface area contributed by atoms with Crippen molar-refractivity contribution in [1.29, 1.82) is 0 Å². The molecule has 22 heavy (non-hydrogen) atoms. The molecule has 2 aromatic heterocycles. The third-order valence-electron chi connectivity index (χ3n) is 3.53. The Bertz CT molecular complexity index is 790. The molecule has 0 spiro atoms. The van der Waals surface area contributed by atoms with Crippen LogP contribution in [-0.2, 0) is 17.9 Å². The number of amides is 1. The third-order valence-corrected chi connectivity index (χ3v) is 5.69. The highest BCUT2D eigenvalue weighted by Gasteiger charge is 2.24. The van der Waals surface area contributed by atoms with Crippen LogP contribution in [0, 0.1) is 0 Å². The highest BCUT2D eigenvalue weighted by Crippen LogP contribution is 2.30. The van der Waals surface area contributed by atoms with Crippen molar-refractivity contribution in [3.8, 4) is 0 Å². The number of aromatic nitrogens is 3. The van der Waals surface area contributed by atoms with Crippen LogP contribution in [0.1, 0.15) is 11.3 Å². The SMILES string of the molecule is O=C(CSc1nc2ccccc2s1)N1Cc2cncnc2C1. The number of rotatable bonds is 3. The molecule has 0 aliphatic carbocycles. The molecule has 0 saturated heterocycles. The number of nitrogens with zero attached hydrogens (tertiary/aromatic N) is 4. The minimum atomic E-state index is 0.113. The van der Waals surface area contributed by atoms with Crippen molar-refractivity contribution in [3.05, 3.63) is 48.0 Å². The average Bonchev–Trinajstić information content (AvgIpc) is 3.15. The van der Waals surface area contributed by atoms with Gasteiger partial charge in [0.25, 0.3) is 0 Å². The molecule has 0 unspecified atom stereocenters. The summed E-state index contributed by atoms with van der Waals surface area (Å²) in [6, 6.07) is 8.02. The maximum Gasteiger partial charge on any atom is 0.233 e.